The van der Waals surface area contributed by atoms with Gasteiger partial charge < -0.3 is 19.8 Å². The van der Waals surface area contributed by atoms with Gasteiger partial charge in [0.05, 0.1) is 12.1 Å². The number of imidazole rings is 1. The summed E-state index contributed by atoms with van der Waals surface area (Å²) in [6, 6.07) is 4.16. The molecular formula is C20H22F2N4O4. The Morgan fingerprint density at radius 1 is 1.37 bits per heavy atom. The van der Waals surface area contributed by atoms with Gasteiger partial charge in [0.2, 0.25) is 5.91 Å². The molecule has 1 saturated heterocycles. The molecular weight excluding hydrogens is 398 g/mol. The van der Waals surface area contributed by atoms with E-state index in [-0.39, 0.29) is 24.2 Å². The molecule has 3 heterocycles. The number of carbonyl (C=O) groups excluding carboxylic acids is 2. The standard InChI is InChI=1S/C20H22F2N4O4/c1-2-12(18(23)27)7-11-3-4-13-15(8-11)29-6-5-25-9-16(24-19(13)25)26-14(17(21)22)10-30-20(26)28/h3-4,8-9,12,14,17H,2,5-7,10H2,1H3,(H2,23,27)/t12-,14+/m1/s1. The average molecular weight is 420 g/mol. The topological polar surface area (TPSA) is 99.7 Å². The van der Waals surface area contributed by atoms with Gasteiger partial charge in [0.15, 0.2) is 5.82 Å². The van der Waals surface area contributed by atoms with E-state index in [1.165, 1.54) is 0 Å². The summed E-state index contributed by atoms with van der Waals surface area (Å²) < 4.78 is 39.0. The number of hydrogen-bond donors (Lipinski definition) is 1. The van der Waals surface area contributed by atoms with Crippen LogP contribution >= 0.6 is 0 Å². The highest BCUT2D eigenvalue weighted by Crippen LogP contribution is 2.36. The molecule has 2 aliphatic heterocycles. The van der Waals surface area contributed by atoms with Gasteiger partial charge >= 0.3 is 6.09 Å². The van der Waals surface area contributed by atoms with Crippen LogP contribution in [0.25, 0.3) is 11.4 Å². The van der Waals surface area contributed by atoms with Crippen LogP contribution in [0, 0.1) is 5.92 Å². The molecule has 10 heteroatoms. The zero-order valence-electron chi connectivity index (χ0n) is 16.4. The first-order valence-electron chi connectivity index (χ1n) is 9.75. The molecule has 1 aromatic heterocycles. The Morgan fingerprint density at radius 3 is 2.87 bits per heavy atom. The number of primary amides is 1. The Kier molecular flexibility index (Phi) is 5.31. The van der Waals surface area contributed by atoms with E-state index in [1.54, 1.807) is 10.8 Å². The summed E-state index contributed by atoms with van der Waals surface area (Å²) in [6.45, 7) is 2.31. The molecule has 1 fully saturated rings. The summed E-state index contributed by atoms with van der Waals surface area (Å²) in [5.41, 5.74) is 7.03. The summed E-state index contributed by atoms with van der Waals surface area (Å²) in [4.78, 5) is 28.9. The number of anilines is 1. The van der Waals surface area contributed by atoms with Crippen molar-refractivity contribution in [3.63, 3.8) is 0 Å². The van der Waals surface area contributed by atoms with E-state index in [0.29, 0.717) is 43.1 Å². The highest BCUT2D eigenvalue weighted by atomic mass is 19.3. The predicted molar refractivity (Wildman–Crippen MR) is 103 cm³/mol. The highest BCUT2D eigenvalue weighted by Gasteiger charge is 2.42. The third-order valence-electron chi connectivity index (χ3n) is 5.46. The van der Waals surface area contributed by atoms with Gasteiger partial charge in [0.1, 0.15) is 30.8 Å². The van der Waals surface area contributed by atoms with Gasteiger partial charge in [0, 0.05) is 12.1 Å². The molecule has 2 aromatic rings. The van der Waals surface area contributed by atoms with Crippen LogP contribution in [0.15, 0.2) is 24.4 Å². The summed E-state index contributed by atoms with van der Waals surface area (Å²) in [7, 11) is 0. The van der Waals surface area contributed by atoms with Crippen molar-refractivity contribution in [3.8, 4) is 17.1 Å². The molecule has 1 aromatic carbocycles. The lowest BCUT2D eigenvalue weighted by atomic mass is 9.95. The third-order valence-corrected chi connectivity index (χ3v) is 5.46. The summed E-state index contributed by atoms with van der Waals surface area (Å²) in [5, 5.41) is 0. The largest absolute Gasteiger partial charge is 0.491 e. The van der Waals surface area contributed by atoms with Gasteiger partial charge in [-0.1, -0.05) is 13.0 Å². The second kappa shape index (κ2) is 7.92. The number of aromatic nitrogens is 2. The second-order valence-corrected chi connectivity index (χ2v) is 7.36. The van der Waals surface area contributed by atoms with E-state index < -0.39 is 18.6 Å². The lowest BCUT2D eigenvalue weighted by Gasteiger charge is -2.17. The molecule has 0 unspecified atom stereocenters. The van der Waals surface area contributed by atoms with Crippen LogP contribution in [0.5, 0.6) is 5.75 Å². The Bertz CT molecular complexity index is 978. The van der Waals surface area contributed by atoms with Gasteiger partial charge in [-0.15, -0.1) is 0 Å². The van der Waals surface area contributed by atoms with E-state index in [4.69, 9.17) is 15.2 Å². The van der Waals surface area contributed by atoms with Crippen molar-refractivity contribution in [1.29, 1.82) is 0 Å². The van der Waals surface area contributed by atoms with Crippen molar-refractivity contribution in [2.75, 3.05) is 18.1 Å². The molecule has 160 valence electrons. The molecule has 4 rings (SSSR count). The maximum absolute atomic E-state index is 13.3. The lowest BCUT2D eigenvalue weighted by molar-refractivity contribution is -0.121. The van der Waals surface area contributed by atoms with Gasteiger partial charge in [-0.25, -0.2) is 23.5 Å². The van der Waals surface area contributed by atoms with Crippen molar-refractivity contribution < 1.29 is 27.8 Å². The SMILES string of the molecule is CC[C@H](Cc1ccc2c(c1)OCCn1cc(N3C(=O)OC[C@H]3C(F)F)nc1-2)C(N)=O. The molecule has 0 saturated carbocycles. The number of carbonyl (C=O) groups is 2. The summed E-state index contributed by atoms with van der Waals surface area (Å²) in [6.07, 6.45) is -0.884. The van der Waals surface area contributed by atoms with E-state index in [0.717, 1.165) is 10.5 Å². The number of rotatable bonds is 6. The van der Waals surface area contributed by atoms with E-state index in [9.17, 15) is 18.4 Å². The monoisotopic (exact) mass is 420 g/mol. The third kappa shape index (κ3) is 3.57. The van der Waals surface area contributed by atoms with E-state index in [2.05, 4.69) is 4.98 Å². The number of nitrogens with two attached hydrogens (primary N) is 1. The van der Waals surface area contributed by atoms with Crippen molar-refractivity contribution >= 4 is 17.8 Å². The molecule has 0 aliphatic carbocycles. The summed E-state index contributed by atoms with van der Waals surface area (Å²) in [5.74, 6) is 0.597. The smallest absolute Gasteiger partial charge is 0.416 e. The van der Waals surface area contributed by atoms with Crippen LogP contribution in [0.2, 0.25) is 0 Å². The molecule has 2 amide bonds. The fourth-order valence-corrected chi connectivity index (χ4v) is 3.77. The number of benzene rings is 1. The minimum Gasteiger partial charge on any atom is -0.491 e. The molecule has 2 aliphatic rings. The van der Waals surface area contributed by atoms with Gasteiger partial charge in [-0.05, 0) is 30.5 Å². The maximum Gasteiger partial charge on any atom is 0.416 e. The quantitative estimate of drug-likeness (QED) is 0.774. The van der Waals surface area contributed by atoms with Gasteiger partial charge in [-0.2, -0.15) is 0 Å². The first kappa shape index (κ1) is 20.1. The van der Waals surface area contributed by atoms with Crippen molar-refractivity contribution in [3.05, 3.63) is 30.0 Å². The molecule has 2 N–H and O–H groups in total. The van der Waals surface area contributed by atoms with Crippen LogP contribution in [0.4, 0.5) is 19.4 Å². The van der Waals surface area contributed by atoms with Crippen LogP contribution in [-0.2, 0) is 22.5 Å². The van der Waals surface area contributed by atoms with E-state index >= 15 is 0 Å². The van der Waals surface area contributed by atoms with Crippen LogP contribution < -0.4 is 15.4 Å². The molecule has 0 spiro atoms. The average Bonchev–Trinajstić information content (AvgIpc) is 3.25. The van der Waals surface area contributed by atoms with Gasteiger partial charge in [-0.3, -0.25) is 4.79 Å². The zero-order valence-corrected chi connectivity index (χ0v) is 16.4. The Morgan fingerprint density at radius 2 is 2.17 bits per heavy atom. The van der Waals surface area contributed by atoms with Crippen LogP contribution in [0.3, 0.4) is 0 Å². The van der Waals surface area contributed by atoms with Crippen LogP contribution in [-0.4, -0.2) is 47.2 Å². The molecule has 8 nitrogen and oxygen atoms in total. The number of halogens is 2. The minimum absolute atomic E-state index is 0.120. The van der Waals surface area contributed by atoms with Crippen LogP contribution in [0.1, 0.15) is 18.9 Å². The summed E-state index contributed by atoms with van der Waals surface area (Å²) >= 11 is 0. The van der Waals surface area contributed by atoms with Crippen molar-refractivity contribution in [2.45, 2.75) is 38.8 Å². The predicted octanol–water partition coefficient (Wildman–Crippen LogP) is 2.59. The number of cyclic esters (lactones) is 1. The Labute approximate surface area is 171 Å². The highest BCUT2D eigenvalue weighted by molar-refractivity contribution is 5.89. The van der Waals surface area contributed by atoms with E-state index in [1.807, 2.05) is 25.1 Å². The fraction of sp³-hybridized carbons (Fsp3) is 0.450. The Balaban J connectivity index is 1.67. The number of fused-ring (bicyclic) bond motifs is 3. The first-order valence-corrected chi connectivity index (χ1v) is 9.75. The fourth-order valence-electron chi connectivity index (χ4n) is 3.77. The number of alkyl halides is 2. The maximum atomic E-state index is 13.3. The zero-order chi connectivity index (χ0) is 21.4. The van der Waals surface area contributed by atoms with Crippen molar-refractivity contribution in [2.24, 2.45) is 11.7 Å². The van der Waals surface area contributed by atoms with Crippen molar-refractivity contribution in [1.82, 2.24) is 9.55 Å². The Hall–Kier alpha value is -3.17. The normalized spacial score (nSPS) is 19.0. The first-order chi connectivity index (χ1) is 14.4. The number of hydrogen-bond acceptors (Lipinski definition) is 5. The molecule has 0 radical (unpaired) electrons. The number of ether oxygens (including phenoxy) is 2. The second-order valence-electron chi connectivity index (χ2n) is 7.36. The molecule has 0 bridgehead atoms. The molecule has 30 heavy (non-hydrogen) atoms. The lowest BCUT2D eigenvalue weighted by Crippen LogP contribution is -2.38. The number of nitrogens with zero attached hydrogens (tertiary/aromatic N) is 3. The molecule has 2 atom stereocenters. The number of amides is 2. The van der Waals surface area contributed by atoms with Gasteiger partial charge in [0.25, 0.3) is 6.43 Å². The minimum atomic E-state index is -2.74.